The predicted octanol–water partition coefficient (Wildman–Crippen LogP) is 2.44. The maximum Gasteiger partial charge on any atom is 0.338 e. The smallest absolute Gasteiger partial charge is 0.338 e. The Morgan fingerprint density at radius 3 is 2.79 bits per heavy atom. The van der Waals surface area contributed by atoms with E-state index in [2.05, 4.69) is 17.6 Å². The minimum Gasteiger partial charge on any atom is -0.478 e. The van der Waals surface area contributed by atoms with Gasteiger partial charge in [0.25, 0.3) is 0 Å². The second kappa shape index (κ2) is 5.26. The molecule has 1 aliphatic carbocycles. The average Bonchev–Trinajstić information content (AvgIpc) is 3.09. The highest BCUT2D eigenvalue weighted by Gasteiger charge is 2.36. The first-order valence-corrected chi connectivity index (χ1v) is 6.11. The van der Waals surface area contributed by atoms with E-state index in [0.717, 1.165) is 25.0 Å². The van der Waals surface area contributed by atoms with Crippen LogP contribution in [0, 0.1) is 11.7 Å². The summed E-state index contributed by atoms with van der Waals surface area (Å²) >= 11 is 0. The molecule has 0 spiro atoms. The molecule has 19 heavy (non-hydrogen) atoms. The molecule has 1 fully saturated rings. The molecule has 0 aromatic heterocycles. The van der Waals surface area contributed by atoms with E-state index < -0.39 is 23.4 Å². The Labute approximate surface area is 109 Å². The molecule has 2 rings (SSSR count). The molecular formula is C13H15FN2O3. The van der Waals surface area contributed by atoms with Crippen LogP contribution >= 0.6 is 0 Å². The Morgan fingerprint density at radius 1 is 1.47 bits per heavy atom. The van der Waals surface area contributed by atoms with Gasteiger partial charge in [-0.05, 0) is 30.5 Å². The Balaban J connectivity index is 1.97. The van der Waals surface area contributed by atoms with Gasteiger partial charge >= 0.3 is 12.0 Å². The monoisotopic (exact) mass is 266 g/mol. The van der Waals surface area contributed by atoms with Gasteiger partial charge < -0.3 is 15.7 Å². The molecule has 5 nitrogen and oxygen atoms in total. The van der Waals surface area contributed by atoms with Gasteiger partial charge in [0.1, 0.15) is 5.82 Å². The largest absolute Gasteiger partial charge is 0.478 e. The van der Waals surface area contributed by atoms with Crippen LogP contribution in [0.25, 0.3) is 0 Å². The Bertz CT molecular complexity index is 519. The molecular weight excluding hydrogens is 251 g/mol. The molecule has 3 N–H and O–H groups in total. The third-order valence-electron chi connectivity index (χ3n) is 3.22. The first-order valence-electron chi connectivity index (χ1n) is 6.11. The van der Waals surface area contributed by atoms with E-state index in [1.54, 1.807) is 0 Å². The highest BCUT2D eigenvalue weighted by Crippen LogP contribution is 2.33. The molecule has 0 aliphatic heterocycles. The zero-order valence-electron chi connectivity index (χ0n) is 10.4. The molecule has 1 aromatic rings. The Morgan fingerprint density at radius 2 is 2.21 bits per heavy atom. The summed E-state index contributed by atoms with van der Waals surface area (Å²) in [4.78, 5) is 22.4. The van der Waals surface area contributed by atoms with Crippen LogP contribution in [-0.4, -0.2) is 23.1 Å². The Kier molecular flexibility index (Phi) is 3.69. The number of amides is 2. The molecule has 102 valence electrons. The van der Waals surface area contributed by atoms with Crippen LogP contribution in [0.5, 0.6) is 0 Å². The molecule has 0 radical (unpaired) electrons. The summed E-state index contributed by atoms with van der Waals surface area (Å²) in [6.07, 6.45) is 1.98. The fraction of sp³-hybridized carbons (Fsp3) is 0.385. The number of carboxylic acid groups (broad SMARTS) is 1. The first kappa shape index (κ1) is 13.3. The van der Waals surface area contributed by atoms with Crippen molar-refractivity contribution in [3.05, 3.63) is 29.6 Å². The maximum atomic E-state index is 13.2. The Hall–Kier alpha value is -2.11. The number of carbonyl (C=O) groups is 2. The minimum atomic E-state index is -1.37. The lowest BCUT2D eigenvalue weighted by molar-refractivity contribution is 0.0692. The van der Waals surface area contributed by atoms with E-state index in [1.165, 1.54) is 6.07 Å². The van der Waals surface area contributed by atoms with Crippen molar-refractivity contribution in [2.24, 2.45) is 5.92 Å². The van der Waals surface area contributed by atoms with Gasteiger partial charge in [-0.3, -0.25) is 0 Å². The number of hydrogen-bond acceptors (Lipinski definition) is 2. The van der Waals surface area contributed by atoms with Crippen LogP contribution in [0.3, 0.4) is 0 Å². The number of halogens is 1. The molecule has 0 saturated heterocycles. The van der Waals surface area contributed by atoms with E-state index in [0.29, 0.717) is 5.92 Å². The summed E-state index contributed by atoms with van der Waals surface area (Å²) in [5.41, 5.74) is -0.208. The minimum absolute atomic E-state index is 0.185. The van der Waals surface area contributed by atoms with Crippen molar-refractivity contribution in [3.63, 3.8) is 0 Å². The summed E-state index contributed by atoms with van der Waals surface area (Å²) in [6, 6.07) is 3.23. The number of urea groups is 1. The number of rotatable bonds is 4. The van der Waals surface area contributed by atoms with E-state index in [4.69, 9.17) is 5.11 Å². The molecule has 1 aliphatic rings. The van der Waals surface area contributed by atoms with Crippen molar-refractivity contribution >= 4 is 17.7 Å². The van der Waals surface area contributed by atoms with Crippen LogP contribution < -0.4 is 10.6 Å². The standard InChI is InChI=1S/C13H15FN2O3/c1-2-7-5-11(7)16-13(19)15-8-3-4-10(14)9(6-8)12(17)18/h3-4,6-7,11H,2,5H2,1H3,(H,17,18)(H2,15,16,19). The number of aromatic carboxylic acids is 1. The molecule has 0 bridgehead atoms. The molecule has 2 unspecified atom stereocenters. The summed E-state index contributed by atoms with van der Waals surface area (Å²) in [5.74, 6) is -1.67. The van der Waals surface area contributed by atoms with Gasteiger partial charge in [0, 0.05) is 11.7 Å². The van der Waals surface area contributed by atoms with Crippen LogP contribution in [0.4, 0.5) is 14.9 Å². The van der Waals surface area contributed by atoms with Gasteiger partial charge in [0.05, 0.1) is 5.56 Å². The van der Waals surface area contributed by atoms with E-state index in [9.17, 15) is 14.0 Å². The van der Waals surface area contributed by atoms with E-state index in [-0.39, 0.29) is 11.7 Å². The van der Waals surface area contributed by atoms with Crippen molar-refractivity contribution in [2.45, 2.75) is 25.8 Å². The lowest BCUT2D eigenvalue weighted by Crippen LogP contribution is -2.31. The topological polar surface area (TPSA) is 78.4 Å². The lowest BCUT2D eigenvalue weighted by Gasteiger charge is -2.08. The van der Waals surface area contributed by atoms with Crippen molar-refractivity contribution in [3.8, 4) is 0 Å². The number of benzene rings is 1. The third kappa shape index (κ3) is 3.21. The fourth-order valence-corrected chi connectivity index (χ4v) is 1.98. The number of hydrogen-bond donors (Lipinski definition) is 3. The van der Waals surface area contributed by atoms with Crippen LogP contribution in [0.1, 0.15) is 30.1 Å². The van der Waals surface area contributed by atoms with Gasteiger partial charge in [0.15, 0.2) is 0 Å². The predicted molar refractivity (Wildman–Crippen MR) is 67.7 cm³/mol. The van der Waals surface area contributed by atoms with Gasteiger partial charge in [-0.15, -0.1) is 0 Å². The summed E-state index contributed by atoms with van der Waals surface area (Å²) in [6.45, 7) is 2.06. The van der Waals surface area contributed by atoms with Crippen LogP contribution in [-0.2, 0) is 0 Å². The average molecular weight is 266 g/mol. The number of carbonyl (C=O) groups excluding carboxylic acids is 1. The second-order valence-corrected chi connectivity index (χ2v) is 4.61. The van der Waals surface area contributed by atoms with E-state index in [1.807, 2.05) is 0 Å². The molecule has 0 heterocycles. The maximum absolute atomic E-state index is 13.2. The van der Waals surface area contributed by atoms with Crippen molar-refractivity contribution < 1.29 is 19.1 Å². The highest BCUT2D eigenvalue weighted by molar-refractivity contribution is 5.93. The molecule has 1 saturated carbocycles. The van der Waals surface area contributed by atoms with Crippen LogP contribution in [0.2, 0.25) is 0 Å². The van der Waals surface area contributed by atoms with Gasteiger partial charge in [-0.2, -0.15) is 0 Å². The van der Waals surface area contributed by atoms with Crippen molar-refractivity contribution in [1.82, 2.24) is 5.32 Å². The summed E-state index contributed by atoms with van der Waals surface area (Å²) in [7, 11) is 0. The van der Waals surface area contributed by atoms with Gasteiger partial charge in [0.2, 0.25) is 0 Å². The first-order chi connectivity index (χ1) is 9.01. The van der Waals surface area contributed by atoms with Gasteiger partial charge in [-0.25, -0.2) is 14.0 Å². The van der Waals surface area contributed by atoms with Crippen molar-refractivity contribution in [2.75, 3.05) is 5.32 Å². The number of nitrogens with one attached hydrogen (secondary N) is 2. The molecule has 2 atom stereocenters. The highest BCUT2D eigenvalue weighted by atomic mass is 19.1. The SMILES string of the molecule is CCC1CC1NC(=O)Nc1ccc(F)c(C(=O)O)c1. The summed E-state index contributed by atoms with van der Waals surface area (Å²) in [5, 5.41) is 14.1. The lowest BCUT2D eigenvalue weighted by atomic mass is 10.2. The van der Waals surface area contributed by atoms with Crippen molar-refractivity contribution in [1.29, 1.82) is 0 Å². The molecule has 2 amide bonds. The fourth-order valence-electron chi connectivity index (χ4n) is 1.98. The zero-order chi connectivity index (χ0) is 14.0. The third-order valence-corrected chi connectivity index (χ3v) is 3.22. The molecule has 1 aromatic carbocycles. The second-order valence-electron chi connectivity index (χ2n) is 4.61. The molecule has 6 heteroatoms. The normalized spacial score (nSPS) is 20.7. The van der Waals surface area contributed by atoms with E-state index >= 15 is 0 Å². The zero-order valence-corrected chi connectivity index (χ0v) is 10.4. The van der Waals surface area contributed by atoms with Gasteiger partial charge in [-0.1, -0.05) is 13.3 Å². The van der Waals surface area contributed by atoms with Crippen LogP contribution in [0.15, 0.2) is 18.2 Å². The number of carboxylic acids is 1. The summed E-state index contributed by atoms with van der Waals surface area (Å²) < 4.78 is 13.2. The number of anilines is 1. The quantitative estimate of drug-likeness (QED) is 0.783.